The lowest BCUT2D eigenvalue weighted by molar-refractivity contribution is 0.219. The molecule has 4 saturated carbocycles. The molecule has 0 N–H and O–H groups in total. The highest BCUT2D eigenvalue weighted by atomic mass is 32.1. The Labute approximate surface area is 108 Å². The number of thiocarbonyl (C=S) groups is 1. The van der Waals surface area contributed by atoms with E-state index in [-0.39, 0.29) is 0 Å². The lowest BCUT2D eigenvalue weighted by Crippen LogP contribution is -2.34. The Morgan fingerprint density at radius 3 is 2.65 bits per heavy atom. The van der Waals surface area contributed by atoms with Gasteiger partial charge in [-0.2, -0.15) is 0 Å². The van der Waals surface area contributed by atoms with E-state index < -0.39 is 0 Å². The Balaban J connectivity index is 1.81. The molecular weight excluding hydrogens is 224 g/mol. The smallest absolute Gasteiger partial charge is 0.00261 e. The summed E-state index contributed by atoms with van der Waals surface area (Å²) in [6.45, 7) is 0. The highest BCUT2D eigenvalue weighted by molar-refractivity contribution is 7.79. The van der Waals surface area contributed by atoms with Crippen molar-refractivity contribution in [2.45, 2.75) is 37.5 Å². The van der Waals surface area contributed by atoms with Crippen molar-refractivity contribution in [2.75, 3.05) is 0 Å². The molecule has 0 heterocycles. The van der Waals surface area contributed by atoms with Crippen LogP contribution in [0.5, 0.6) is 0 Å². The van der Waals surface area contributed by atoms with E-state index in [2.05, 4.69) is 35.7 Å². The summed E-state index contributed by atoms with van der Waals surface area (Å²) in [6, 6.07) is 11.2. The summed E-state index contributed by atoms with van der Waals surface area (Å²) >= 11 is 5.39. The largest absolute Gasteiger partial charge is 0.0929 e. The topological polar surface area (TPSA) is 0 Å². The number of rotatable bonds is 2. The molecule has 5 rings (SSSR count). The van der Waals surface area contributed by atoms with Crippen molar-refractivity contribution in [1.29, 1.82) is 0 Å². The summed E-state index contributed by atoms with van der Waals surface area (Å²) in [4.78, 5) is 0. The second-order valence-corrected chi connectivity index (χ2v) is 6.82. The van der Waals surface area contributed by atoms with Gasteiger partial charge < -0.3 is 0 Å². The third kappa shape index (κ3) is 1.21. The summed E-state index contributed by atoms with van der Waals surface area (Å²) < 4.78 is 0. The Morgan fingerprint density at radius 2 is 1.94 bits per heavy atom. The van der Waals surface area contributed by atoms with Crippen molar-refractivity contribution in [3.8, 4) is 0 Å². The van der Waals surface area contributed by atoms with Crippen LogP contribution in [-0.2, 0) is 5.41 Å². The monoisotopic (exact) mass is 242 g/mol. The van der Waals surface area contributed by atoms with Gasteiger partial charge in [0.05, 0.1) is 0 Å². The number of hydrogen-bond donors (Lipinski definition) is 0. The molecule has 4 aliphatic carbocycles. The molecule has 1 heteroatoms. The lowest BCUT2D eigenvalue weighted by Gasteiger charge is -2.40. The maximum Gasteiger partial charge on any atom is 0.00261 e. The molecule has 0 saturated heterocycles. The summed E-state index contributed by atoms with van der Waals surface area (Å²) in [5, 5.41) is 2.14. The first-order valence-corrected chi connectivity index (χ1v) is 7.25. The highest BCUT2D eigenvalue weighted by Gasteiger charge is 2.63. The van der Waals surface area contributed by atoms with Gasteiger partial charge in [0.1, 0.15) is 0 Å². The minimum atomic E-state index is 0.425. The zero-order chi connectivity index (χ0) is 11.5. The normalized spacial score (nSPS) is 46.4. The van der Waals surface area contributed by atoms with Gasteiger partial charge in [0.15, 0.2) is 0 Å². The maximum atomic E-state index is 5.39. The fraction of sp³-hybridized carbons (Fsp3) is 0.562. The van der Waals surface area contributed by atoms with Crippen LogP contribution >= 0.6 is 12.2 Å². The van der Waals surface area contributed by atoms with Crippen LogP contribution in [0.4, 0.5) is 0 Å². The molecule has 4 fully saturated rings. The molecular formula is C16H18S. The van der Waals surface area contributed by atoms with Crippen LogP contribution in [0.25, 0.3) is 0 Å². The van der Waals surface area contributed by atoms with Gasteiger partial charge >= 0.3 is 0 Å². The second kappa shape index (κ2) is 3.20. The average Bonchev–Trinajstić information content (AvgIpc) is 2.75. The van der Waals surface area contributed by atoms with Crippen LogP contribution in [-0.4, -0.2) is 5.37 Å². The zero-order valence-corrected chi connectivity index (χ0v) is 10.9. The number of hydrogen-bond acceptors (Lipinski definition) is 1. The Bertz CT molecular complexity index is 466. The van der Waals surface area contributed by atoms with Gasteiger partial charge in [0.25, 0.3) is 0 Å². The molecule has 17 heavy (non-hydrogen) atoms. The summed E-state index contributed by atoms with van der Waals surface area (Å²) in [7, 11) is 0. The SMILES string of the molecule is S=CC12CC3CC1CC(c1ccccc1)(C3)C2. The van der Waals surface area contributed by atoms with Crippen LogP contribution in [0.15, 0.2) is 30.3 Å². The molecule has 4 bridgehead atoms. The molecule has 0 aliphatic heterocycles. The molecule has 0 spiro atoms. The Morgan fingerprint density at radius 1 is 1.12 bits per heavy atom. The molecule has 0 amide bonds. The maximum absolute atomic E-state index is 5.39. The van der Waals surface area contributed by atoms with Crippen molar-refractivity contribution >= 4 is 17.6 Å². The minimum absolute atomic E-state index is 0.425. The lowest BCUT2D eigenvalue weighted by atomic mass is 9.64. The van der Waals surface area contributed by atoms with Crippen molar-refractivity contribution in [1.82, 2.24) is 0 Å². The predicted octanol–water partition coefficient (Wildman–Crippen LogP) is 4.13. The van der Waals surface area contributed by atoms with Crippen LogP contribution < -0.4 is 0 Å². The molecule has 4 unspecified atom stereocenters. The van der Waals surface area contributed by atoms with E-state index in [1.54, 1.807) is 5.56 Å². The molecule has 1 aromatic rings. The third-order valence-electron chi connectivity index (χ3n) is 5.70. The van der Waals surface area contributed by atoms with Gasteiger partial charge in [-0.3, -0.25) is 0 Å². The number of benzene rings is 1. The standard InChI is InChI=1S/C16H18S/c17-11-16-8-12-6-14(16)9-15(7-12,10-16)13-4-2-1-3-5-13/h1-5,11-12,14H,6-10H2. The van der Waals surface area contributed by atoms with Crippen LogP contribution in [0.3, 0.4) is 0 Å². The summed E-state index contributed by atoms with van der Waals surface area (Å²) in [5.41, 5.74) is 2.48. The van der Waals surface area contributed by atoms with Crippen molar-refractivity contribution < 1.29 is 0 Å². The van der Waals surface area contributed by atoms with E-state index in [1.165, 1.54) is 32.1 Å². The van der Waals surface area contributed by atoms with E-state index in [0.717, 1.165) is 11.8 Å². The molecule has 4 atom stereocenters. The predicted molar refractivity (Wildman–Crippen MR) is 74.3 cm³/mol. The van der Waals surface area contributed by atoms with E-state index >= 15 is 0 Å². The van der Waals surface area contributed by atoms with E-state index in [9.17, 15) is 0 Å². The summed E-state index contributed by atoms with van der Waals surface area (Å²) in [6.07, 6.45) is 6.96. The quantitative estimate of drug-likeness (QED) is 0.703. The van der Waals surface area contributed by atoms with Gasteiger partial charge in [-0.15, -0.1) is 0 Å². The van der Waals surface area contributed by atoms with Gasteiger partial charge in [0, 0.05) is 5.41 Å². The van der Waals surface area contributed by atoms with E-state index in [0.29, 0.717) is 10.8 Å². The molecule has 0 nitrogen and oxygen atoms in total. The van der Waals surface area contributed by atoms with E-state index in [4.69, 9.17) is 12.2 Å². The first-order valence-electron chi connectivity index (χ1n) is 6.78. The fourth-order valence-electron chi connectivity index (χ4n) is 5.28. The van der Waals surface area contributed by atoms with Gasteiger partial charge in [-0.05, 0) is 60.3 Å². The molecule has 0 aromatic heterocycles. The fourth-order valence-corrected chi connectivity index (χ4v) is 5.65. The first kappa shape index (κ1) is 10.3. The Hall–Kier alpha value is -0.690. The van der Waals surface area contributed by atoms with Crippen molar-refractivity contribution in [2.24, 2.45) is 17.3 Å². The molecule has 4 aliphatic rings. The highest BCUT2D eigenvalue weighted by Crippen LogP contribution is 2.70. The average molecular weight is 242 g/mol. The third-order valence-corrected chi connectivity index (χ3v) is 6.17. The van der Waals surface area contributed by atoms with Crippen LogP contribution in [0.1, 0.15) is 37.7 Å². The van der Waals surface area contributed by atoms with Crippen LogP contribution in [0.2, 0.25) is 0 Å². The minimum Gasteiger partial charge on any atom is -0.0929 e. The van der Waals surface area contributed by atoms with Crippen LogP contribution in [0, 0.1) is 17.3 Å². The van der Waals surface area contributed by atoms with E-state index in [1.807, 2.05) is 0 Å². The van der Waals surface area contributed by atoms with Crippen molar-refractivity contribution in [3.63, 3.8) is 0 Å². The van der Waals surface area contributed by atoms with Gasteiger partial charge in [0.2, 0.25) is 0 Å². The van der Waals surface area contributed by atoms with Crippen molar-refractivity contribution in [3.05, 3.63) is 35.9 Å². The van der Waals surface area contributed by atoms with Gasteiger partial charge in [-0.1, -0.05) is 42.5 Å². The Kier molecular flexibility index (Phi) is 1.93. The molecule has 0 radical (unpaired) electrons. The first-order chi connectivity index (χ1) is 8.26. The zero-order valence-electron chi connectivity index (χ0n) is 10.1. The molecule has 88 valence electrons. The molecule has 1 aromatic carbocycles. The van der Waals surface area contributed by atoms with Gasteiger partial charge in [-0.25, -0.2) is 0 Å². The second-order valence-electron chi connectivity index (χ2n) is 6.59. The summed E-state index contributed by atoms with van der Waals surface area (Å²) in [5.74, 6) is 1.83.